The quantitative estimate of drug-likeness (QED) is 0.810. The standard InChI is InChI=1S/C11H15N3O/c1-6-4-8(3)13-11-10(6)9(14-15-11)5-7(2)12/h4,7H,5,12H2,1-3H3. The minimum absolute atomic E-state index is 0.0824. The average molecular weight is 205 g/mol. The molecule has 0 amide bonds. The Hall–Kier alpha value is -1.42. The summed E-state index contributed by atoms with van der Waals surface area (Å²) >= 11 is 0. The fourth-order valence-electron chi connectivity index (χ4n) is 1.81. The molecule has 4 heteroatoms. The van der Waals surface area contributed by atoms with E-state index in [0.717, 1.165) is 28.8 Å². The summed E-state index contributed by atoms with van der Waals surface area (Å²) in [4.78, 5) is 4.29. The summed E-state index contributed by atoms with van der Waals surface area (Å²) in [6.45, 7) is 5.94. The number of aromatic nitrogens is 2. The van der Waals surface area contributed by atoms with Crippen molar-refractivity contribution >= 4 is 11.1 Å². The zero-order chi connectivity index (χ0) is 11.0. The fraction of sp³-hybridized carbons (Fsp3) is 0.455. The van der Waals surface area contributed by atoms with Gasteiger partial charge in [0.25, 0.3) is 5.71 Å². The second-order valence-corrected chi connectivity index (χ2v) is 4.07. The molecule has 2 rings (SSSR count). The minimum Gasteiger partial charge on any atom is -0.336 e. The van der Waals surface area contributed by atoms with Crippen LogP contribution in [-0.4, -0.2) is 16.2 Å². The summed E-state index contributed by atoms with van der Waals surface area (Å²) in [7, 11) is 0. The van der Waals surface area contributed by atoms with E-state index in [2.05, 4.69) is 10.1 Å². The summed E-state index contributed by atoms with van der Waals surface area (Å²) < 4.78 is 5.19. The Morgan fingerprint density at radius 1 is 1.47 bits per heavy atom. The molecule has 15 heavy (non-hydrogen) atoms. The van der Waals surface area contributed by atoms with Gasteiger partial charge in [0.2, 0.25) is 0 Å². The Morgan fingerprint density at radius 3 is 2.87 bits per heavy atom. The van der Waals surface area contributed by atoms with Gasteiger partial charge < -0.3 is 10.3 Å². The van der Waals surface area contributed by atoms with Crippen LogP contribution in [0.1, 0.15) is 23.9 Å². The second kappa shape index (κ2) is 3.62. The summed E-state index contributed by atoms with van der Waals surface area (Å²) in [6.07, 6.45) is 0.721. The topological polar surface area (TPSA) is 64.9 Å². The third-order valence-electron chi connectivity index (χ3n) is 2.36. The number of hydrogen-bond donors (Lipinski definition) is 1. The van der Waals surface area contributed by atoms with Crippen molar-refractivity contribution < 1.29 is 4.52 Å². The molecular formula is C11H15N3O. The first-order valence-corrected chi connectivity index (χ1v) is 5.06. The maximum absolute atomic E-state index is 5.75. The molecule has 0 bridgehead atoms. The zero-order valence-corrected chi connectivity index (χ0v) is 9.24. The summed E-state index contributed by atoms with van der Waals surface area (Å²) in [5.41, 5.74) is 9.37. The molecule has 0 spiro atoms. The van der Waals surface area contributed by atoms with Gasteiger partial charge in [-0.25, -0.2) is 4.98 Å². The van der Waals surface area contributed by atoms with Crippen molar-refractivity contribution in [1.29, 1.82) is 0 Å². The van der Waals surface area contributed by atoms with E-state index in [4.69, 9.17) is 10.3 Å². The fourth-order valence-corrected chi connectivity index (χ4v) is 1.81. The largest absolute Gasteiger partial charge is 0.336 e. The first kappa shape index (κ1) is 10.1. The molecule has 2 aromatic heterocycles. The smallest absolute Gasteiger partial charge is 0.258 e. The van der Waals surface area contributed by atoms with Crippen LogP contribution in [0, 0.1) is 13.8 Å². The summed E-state index contributed by atoms with van der Waals surface area (Å²) in [5, 5.41) is 5.03. The Kier molecular flexibility index (Phi) is 2.44. The molecule has 4 nitrogen and oxygen atoms in total. The molecule has 0 aliphatic rings. The van der Waals surface area contributed by atoms with E-state index in [1.807, 2.05) is 26.8 Å². The molecule has 0 aliphatic heterocycles. The number of nitrogens with zero attached hydrogens (tertiary/aromatic N) is 2. The number of aryl methyl sites for hydroxylation is 2. The molecule has 0 aliphatic carbocycles. The highest BCUT2D eigenvalue weighted by molar-refractivity contribution is 5.80. The predicted octanol–water partition coefficient (Wildman–Crippen LogP) is 1.73. The van der Waals surface area contributed by atoms with Crippen molar-refractivity contribution in [3.63, 3.8) is 0 Å². The lowest BCUT2D eigenvalue weighted by Crippen LogP contribution is -2.18. The zero-order valence-electron chi connectivity index (χ0n) is 9.24. The Bertz CT molecular complexity index is 488. The minimum atomic E-state index is 0.0824. The lowest BCUT2D eigenvalue weighted by molar-refractivity contribution is 0.435. The predicted molar refractivity (Wildman–Crippen MR) is 58.6 cm³/mol. The molecule has 2 N–H and O–H groups in total. The Labute approximate surface area is 88.5 Å². The molecule has 2 heterocycles. The molecule has 1 unspecified atom stereocenters. The molecular weight excluding hydrogens is 190 g/mol. The van der Waals surface area contributed by atoms with Crippen molar-refractivity contribution in [3.8, 4) is 0 Å². The third kappa shape index (κ3) is 1.85. The molecule has 0 saturated carbocycles. The maximum atomic E-state index is 5.75. The SMILES string of the molecule is Cc1cc(C)c2c(CC(C)N)noc2n1. The number of fused-ring (bicyclic) bond motifs is 1. The van der Waals surface area contributed by atoms with Crippen LogP contribution >= 0.6 is 0 Å². The van der Waals surface area contributed by atoms with E-state index < -0.39 is 0 Å². The van der Waals surface area contributed by atoms with Crippen LogP contribution in [0.2, 0.25) is 0 Å². The highest BCUT2D eigenvalue weighted by Crippen LogP contribution is 2.22. The van der Waals surface area contributed by atoms with Crippen LogP contribution in [-0.2, 0) is 6.42 Å². The molecule has 80 valence electrons. The van der Waals surface area contributed by atoms with Gasteiger partial charge in [-0.2, -0.15) is 0 Å². The number of nitrogens with two attached hydrogens (primary N) is 1. The highest BCUT2D eigenvalue weighted by Gasteiger charge is 2.13. The van der Waals surface area contributed by atoms with E-state index in [1.165, 1.54) is 0 Å². The number of rotatable bonds is 2. The molecule has 0 fully saturated rings. The van der Waals surface area contributed by atoms with Gasteiger partial charge in [0.05, 0.1) is 11.1 Å². The lowest BCUT2D eigenvalue weighted by atomic mass is 10.1. The van der Waals surface area contributed by atoms with Gasteiger partial charge >= 0.3 is 0 Å². The first-order chi connectivity index (χ1) is 7.08. The molecule has 0 saturated heterocycles. The molecule has 0 aromatic carbocycles. The van der Waals surface area contributed by atoms with Gasteiger partial charge in [0, 0.05) is 18.2 Å². The van der Waals surface area contributed by atoms with E-state index >= 15 is 0 Å². The van der Waals surface area contributed by atoms with Gasteiger partial charge in [-0.1, -0.05) is 5.16 Å². The van der Waals surface area contributed by atoms with Gasteiger partial charge in [-0.05, 0) is 32.4 Å². The second-order valence-electron chi connectivity index (χ2n) is 4.07. The van der Waals surface area contributed by atoms with Crippen LogP contribution in [0.25, 0.3) is 11.1 Å². The first-order valence-electron chi connectivity index (χ1n) is 5.06. The van der Waals surface area contributed by atoms with E-state index in [9.17, 15) is 0 Å². The van der Waals surface area contributed by atoms with Gasteiger partial charge in [-0.3, -0.25) is 0 Å². The Balaban J connectivity index is 2.58. The van der Waals surface area contributed by atoms with Crippen molar-refractivity contribution in [3.05, 3.63) is 23.0 Å². The number of pyridine rings is 1. The number of hydrogen-bond acceptors (Lipinski definition) is 4. The van der Waals surface area contributed by atoms with Crippen LogP contribution in [0.3, 0.4) is 0 Å². The van der Waals surface area contributed by atoms with Crippen molar-refractivity contribution in [2.24, 2.45) is 5.73 Å². The van der Waals surface area contributed by atoms with Crippen LogP contribution in [0.15, 0.2) is 10.6 Å². The normalized spacial score (nSPS) is 13.3. The Morgan fingerprint density at radius 2 is 2.20 bits per heavy atom. The lowest BCUT2D eigenvalue weighted by Gasteiger charge is -2.02. The van der Waals surface area contributed by atoms with E-state index in [-0.39, 0.29) is 6.04 Å². The monoisotopic (exact) mass is 205 g/mol. The maximum Gasteiger partial charge on any atom is 0.258 e. The molecule has 0 radical (unpaired) electrons. The summed E-state index contributed by atoms with van der Waals surface area (Å²) in [6, 6.07) is 2.11. The van der Waals surface area contributed by atoms with Crippen molar-refractivity contribution in [2.75, 3.05) is 0 Å². The van der Waals surface area contributed by atoms with Crippen molar-refractivity contribution in [2.45, 2.75) is 33.2 Å². The van der Waals surface area contributed by atoms with E-state index in [1.54, 1.807) is 0 Å². The summed E-state index contributed by atoms with van der Waals surface area (Å²) in [5.74, 6) is 0. The van der Waals surface area contributed by atoms with Crippen LogP contribution < -0.4 is 5.73 Å². The van der Waals surface area contributed by atoms with Gasteiger partial charge in [0.1, 0.15) is 0 Å². The van der Waals surface area contributed by atoms with Crippen LogP contribution in [0.4, 0.5) is 0 Å². The average Bonchev–Trinajstić information content (AvgIpc) is 2.46. The van der Waals surface area contributed by atoms with E-state index in [0.29, 0.717) is 5.71 Å². The van der Waals surface area contributed by atoms with Crippen molar-refractivity contribution in [1.82, 2.24) is 10.1 Å². The van der Waals surface area contributed by atoms with Gasteiger partial charge in [0.15, 0.2) is 0 Å². The van der Waals surface area contributed by atoms with Gasteiger partial charge in [-0.15, -0.1) is 0 Å². The third-order valence-corrected chi connectivity index (χ3v) is 2.36. The molecule has 2 aromatic rings. The molecule has 1 atom stereocenters. The highest BCUT2D eigenvalue weighted by atomic mass is 16.5. The van der Waals surface area contributed by atoms with Crippen LogP contribution in [0.5, 0.6) is 0 Å².